The molecule has 0 amide bonds. The lowest BCUT2D eigenvalue weighted by Crippen LogP contribution is -2.12. The molecule has 0 radical (unpaired) electrons. The maximum atomic E-state index is 9.04. The lowest BCUT2D eigenvalue weighted by Gasteiger charge is -2.10. The van der Waals surface area contributed by atoms with E-state index in [1.807, 2.05) is 25.1 Å². The van der Waals surface area contributed by atoms with Gasteiger partial charge in [-0.15, -0.1) is 0 Å². The van der Waals surface area contributed by atoms with Gasteiger partial charge in [-0.1, -0.05) is 22.0 Å². The number of nitrogens with zero attached hydrogens (tertiary/aromatic N) is 1. The van der Waals surface area contributed by atoms with E-state index in [0.29, 0.717) is 6.54 Å². The molecule has 2 nitrogen and oxygen atoms in total. The Hall–Kier alpha value is -0.380. The van der Waals surface area contributed by atoms with Crippen LogP contribution in [0.5, 0.6) is 0 Å². The van der Waals surface area contributed by atoms with Crippen LogP contribution in [0.25, 0.3) is 0 Å². The second kappa shape index (κ2) is 4.03. The molecule has 0 aliphatic carbocycles. The number of rotatable bonds is 2. The molecule has 0 fully saturated rings. The van der Waals surface area contributed by atoms with Crippen molar-refractivity contribution in [1.82, 2.24) is 5.06 Å². The SMILES string of the molecule is Cc1ccc(Br)cc1CN(C)O. The fourth-order valence-electron chi connectivity index (χ4n) is 1.06. The third-order valence-corrected chi connectivity index (χ3v) is 2.20. The van der Waals surface area contributed by atoms with Gasteiger partial charge < -0.3 is 5.21 Å². The number of benzene rings is 1. The van der Waals surface area contributed by atoms with E-state index in [4.69, 9.17) is 5.21 Å². The summed E-state index contributed by atoms with van der Waals surface area (Å²) < 4.78 is 1.05. The maximum Gasteiger partial charge on any atom is 0.0488 e. The van der Waals surface area contributed by atoms with Gasteiger partial charge in [0.25, 0.3) is 0 Å². The van der Waals surface area contributed by atoms with Crippen molar-refractivity contribution in [3.05, 3.63) is 33.8 Å². The Balaban J connectivity index is 2.90. The van der Waals surface area contributed by atoms with Crippen molar-refractivity contribution in [3.8, 4) is 0 Å². The molecule has 0 heterocycles. The highest BCUT2D eigenvalue weighted by atomic mass is 79.9. The number of aryl methyl sites for hydroxylation is 1. The smallest absolute Gasteiger partial charge is 0.0488 e. The van der Waals surface area contributed by atoms with Crippen LogP contribution in [-0.4, -0.2) is 17.3 Å². The fraction of sp³-hybridized carbons (Fsp3) is 0.333. The van der Waals surface area contributed by atoms with Crippen molar-refractivity contribution >= 4 is 15.9 Å². The van der Waals surface area contributed by atoms with Gasteiger partial charge in [0.15, 0.2) is 0 Å². The van der Waals surface area contributed by atoms with Gasteiger partial charge in [-0.3, -0.25) is 0 Å². The van der Waals surface area contributed by atoms with E-state index >= 15 is 0 Å². The van der Waals surface area contributed by atoms with Crippen LogP contribution in [0.15, 0.2) is 22.7 Å². The zero-order chi connectivity index (χ0) is 9.14. The number of hydrogen-bond donors (Lipinski definition) is 1. The summed E-state index contributed by atoms with van der Waals surface area (Å²) in [5, 5.41) is 10.2. The molecule has 66 valence electrons. The minimum atomic E-state index is 0.561. The van der Waals surface area contributed by atoms with E-state index in [9.17, 15) is 0 Å². The van der Waals surface area contributed by atoms with Crippen LogP contribution in [0.2, 0.25) is 0 Å². The van der Waals surface area contributed by atoms with Gasteiger partial charge in [-0.2, -0.15) is 5.06 Å². The lowest BCUT2D eigenvalue weighted by atomic mass is 10.1. The Morgan fingerprint density at radius 3 is 2.75 bits per heavy atom. The molecule has 3 heteroatoms. The quantitative estimate of drug-likeness (QED) is 0.789. The molecule has 1 aromatic rings. The molecule has 0 aliphatic rings. The summed E-state index contributed by atoms with van der Waals surface area (Å²) in [5.41, 5.74) is 2.33. The molecule has 0 spiro atoms. The van der Waals surface area contributed by atoms with Crippen LogP contribution in [0, 0.1) is 6.92 Å². The fourth-order valence-corrected chi connectivity index (χ4v) is 1.47. The van der Waals surface area contributed by atoms with Gasteiger partial charge in [-0.25, -0.2) is 0 Å². The van der Waals surface area contributed by atoms with E-state index in [0.717, 1.165) is 10.0 Å². The molecule has 0 atom stereocenters. The van der Waals surface area contributed by atoms with Gasteiger partial charge >= 0.3 is 0 Å². The van der Waals surface area contributed by atoms with E-state index in [1.54, 1.807) is 7.05 Å². The zero-order valence-electron chi connectivity index (χ0n) is 7.21. The normalized spacial score (nSPS) is 10.8. The summed E-state index contributed by atoms with van der Waals surface area (Å²) in [6.07, 6.45) is 0. The molecule has 1 N–H and O–H groups in total. The maximum absolute atomic E-state index is 9.04. The molecule has 0 saturated heterocycles. The molecule has 1 aromatic carbocycles. The Morgan fingerprint density at radius 1 is 1.50 bits per heavy atom. The molecule has 0 unspecified atom stereocenters. The first kappa shape index (κ1) is 9.71. The molecule has 0 bridgehead atoms. The number of halogens is 1. The first-order valence-corrected chi connectivity index (χ1v) is 4.54. The first-order valence-electron chi connectivity index (χ1n) is 3.74. The summed E-state index contributed by atoms with van der Waals surface area (Å²) >= 11 is 3.39. The molecule has 0 saturated carbocycles. The van der Waals surface area contributed by atoms with Crippen LogP contribution in [-0.2, 0) is 6.54 Å². The van der Waals surface area contributed by atoms with Gasteiger partial charge in [-0.05, 0) is 30.2 Å². The second-order valence-electron chi connectivity index (χ2n) is 2.89. The Bertz CT molecular complexity index is 273. The van der Waals surface area contributed by atoms with Crippen LogP contribution >= 0.6 is 15.9 Å². The van der Waals surface area contributed by atoms with Crippen molar-refractivity contribution < 1.29 is 5.21 Å². The summed E-state index contributed by atoms with van der Waals surface area (Å²) in [6, 6.07) is 6.04. The van der Waals surface area contributed by atoms with E-state index in [-0.39, 0.29) is 0 Å². The Kier molecular flexibility index (Phi) is 3.26. The third-order valence-electron chi connectivity index (χ3n) is 1.71. The van der Waals surface area contributed by atoms with E-state index < -0.39 is 0 Å². The highest BCUT2D eigenvalue weighted by Crippen LogP contribution is 2.16. The van der Waals surface area contributed by atoms with E-state index in [2.05, 4.69) is 15.9 Å². The van der Waals surface area contributed by atoms with Gasteiger partial charge in [0.05, 0.1) is 0 Å². The predicted molar refractivity (Wildman–Crippen MR) is 52.1 cm³/mol. The van der Waals surface area contributed by atoms with Crippen molar-refractivity contribution in [3.63, 3.8) is 0 Å². The average Bonchev–Trinajstić information content (AvgIpc) is 1.96. The number of hydroxylamine groups is 2. The Labute approximate surface area is 80.9 Å². The largest absolute Gasteiger partial charge is 0.314 e. The molecule has 12 heavy (non-hydrogen) atoms. The van der Waals surface area contributed by atoms with Gasteiger partial charge in [0, 0.05) is 18.1 Å². The van der Waals surface area contributed by atoms with Gasteiger partial charge in [0.1, 0.15) is 0 Å². The second-order valence-corrected chi connectivity index (χ2v) is 3.80. The predicted octanol–water partition coefficient (Wildman–Crippen LogP) is 2.58. The molecular formula is C9H12BrNO. The average molecular weight is 230 g/mol. The zero-order valence-corrected chi connectivity index (χ0v) is 8.80. The highest BCUT2D eigenvalue weighted by molar-refractivity contribution is 9.10. The van der Waals surface area contributed by atoms with Crippen LogP contribution in [0.4, 0.5) is 0 Å². The highest BCUT2D eigenvalue weighted by Gasteiger charge is 2.00. The summed E-state index contributed by atoms with van der Waals surface area (Å²) in [4.78, 5) is 0. The number of hydrogen-bond acceptors (Lipinski definition) is 2. The van der Waals surface area contributed by atoms with Crippen molar-refractivity contribution in [2.45, 2.75) is 13.5 Å². The Morgan fingerprint density at radius 2 is 2.17 bits per heavy atom. The minimum absolute atomic E-state index is 0.561. The lowest BCUT2D eigenvalue weighted by molar-refractivity contribution is -0.0732. The van der Waals surface area contributed by atoms with E-state index in [1.165, 1.54) is 10.6 Å². The molecular weight excluding hydrogens is 218 g/mol. The van der Waals surface area contributed by atoms with Crippen molar-refractivity contribution in [2.24, 2.45) is 0 Å². The molecule has 0 aliphatic heterocycles. The summed E-state index contributed by atoms with van der Waals surface area (Å²) in [7, 11) is 1.64. The monoisotopic (exact) mass is 229 g/mol. The van der Waals surface area contributed by atoms with Crippen LogP contribution in [0.1, 0.15) is 11.1 Å². The summed E-state index contributed by atoms with van der Waals surface area (Å²) in [6.45, 7) is 2.59. The standard InChI is InChI=1S/C9H12BrNO/c1-7-3-4-9(10)5-8(7)6-11(2)12/h3-5,12H,6H2,1-2H3. The van der Waals surface area contributed by atoms with Crippen LogP contribution < -0.4 is 0 Å². The molecule has 1 rings (SSSR count). The van der Waals surface area contributed by atoms with Gasteiger partial charge in [0.2, 0.25) is 0 Å². The van der Waals surface area contributed by atoms with Crippen LogP contribution in [0.3, 0.4) is 0 Å². The third kappa shape index (κ3) is 2.59. The minimum Gasteiger partial charge on any atom is -0.314 e. The summed E-state index contributed by atoms with van der Waals surface area (Å²) in [5.74, 6) is 0. The first-order chi connectivity index (χ1) is 5.59. The van der Waals surface area contributed by atoms with Crippen molar-refractivity contribution in [1.29, 1.82) is 0 Å². The molecule has 0 aromatic heterocycles. The van der Waals surface area contributed by atoms with Crippen molar-refractivity contribution in [2.75, 3.05) is 7.05 Å². The topological polar surface area (TPSA) is 23.5 Å².